The predicted molar refractivity (Wildman–Crippen MR) is 66.1 cm³/mol. The van der Waals surface area contributed by atoms with E-state index in [0.29, 0.717) is 0 Å². The Bertz CT molecular complexity index is 467. The second kappa shape index (κ2) is 7.19. The third-order valence-electron chi connectivity index (χ3n) is 2.52. The summed E-state index contributed by atoms with van der Waals surface area (Å²) in [5.41, 5.74) is 0.896. The first-order valence-corrected chi connectivity index (χ1v) is 5.85. The molecule has 0 amide bonds. The van der Waals surface area contributed by atoms with Crippen molar-refractivity contribution in [2.24, 2.45) is 0 Å². The Hall–Kier alpha value is -1.32. The molecule has 1 N–H and O–H groups in total. The summed E-state index contributed by atoms with van der Waals surface area (Å²) in [6, 6.07) is 10.2. The number of hydrogen-bond acceptors (Lipinski definition) is 2. The monoisotopic (exact) mass is 268 g/mol. The molecular formula is C14H16ClFNO-. The molecule has 0 radical (unpaired) electrons. The van der Waals surface area contributed by atoms with E-state index in [-0.39, 0.29) is 18.2 Å². The van der Waals surface area contributed by atoms with Crippen molar-refractivity contribution in [3.05, 3.63) is 48.0 Å². The second-order valence-electron chi connectivity index (χ2n) is 3.95. The Morgan fingerprint density at radius 3 is 2.50 bits per heavy atom. The van der Waals surface area contributed by atoms with E-state index in [4.69, 9.17) is 4.42 Å². The highest BCUT2D eigenvalue weighted by molar-refractivity contribution is 5.57. The maximum absolute atomic E-state index is 12.8. The molecule has 0 aliphatic heterocycles. The van der Waals surface area contributed by atoms with Crippen LogP contribution < -0.4 is 17.7 Å². The minimum atomic E-state index is -0.231. The maximum atomic E-state index is 12.8. The third-order valence-corrected chi connectivity index (χ3v) is 2.52. The number of halogens is 2. The molecule has 1 aromatic heterocycles. The van der Waals surface area contributed by atoms with Crippen LogP contribution in [-0.2, 0) is 6.54 Å². The van der Waals surface area contributed by atoms with Gasteiger partial charge in [-0.25, -0.2) is 4.39 Å². The van der Waals surface area contributed by atoms with E-state index < -0.39 is 0 Å². The fraction of sp³-hybridized carbons (Fsp3) is 0.286. The fourth-order valence-electron chi connectivity index (χ4n) is 1.63. The molecule has 2 nitrogen and oxygen atoms in total. The highest BCUT2D eigenvalue weighted by atomic mass is 35.5. The van der Waals surface area contributed by atoms with Crippen LogP contribution in [0.15, 0.2) is 40.8 Å². The van der Waals surface area contributed by atoms with Crippen molar-refractivity contribution in [3.8, 4) is 11.3 Å². The van der Waals surface area contributed by atoms with Crippen LogP contribution in [0, 0.1) is 5.82 Å². The first-order valence-electron chi connectivity index (χ1n) is 5.85. The van der Waals surface area contributed by atoms with Crippen LogP contribution in [0.1, 0.15) is 19.1 Å². The summed E-state index contributed by atoms with van der Waals surface area (Å²) in [6.45, 7) is 3.83. The van der Waals surface area contributed by atoms with E-state index in [2.05, 4.69) is 12.2 Å². The smallest absolute Gasteiger partial charge is 0.134 e. The van der Waals surface area contributed by atoms with Gasteiger partial charge in [-0.15, -0.1) is 0 Å². The van der Waals surface area contributed by atoms with Crippen LogP contribution >= 0.6 is 0 Å². The average Bonchev–Trinajstić information content (AvgIpc) is 2.79. The van der Waals surface area contributed by atoms with Gasteiger partial charge in [0.15, 0.2) is 0 Å². The molecule has 0 saturated heterocycles. The summed E-state index contributed by atoms with van der Waals surface area (Å²) in [5.74, 6) is 1.45. The van der Waals surface area contributed by atoms with Crippen molar-refractivity contribution in [2.45, 2.75) is 19.9 Å². The largest absolute Gasteiger partial charge is 1.00 e. The maximum Gasteiger partial charge on any atom is 0.134 e. The Kier molecular flexibility index (Phi) is 5.89. The van der Waals surface area contributed by atoms with E-state index >= 15 is 0 Å². The summed E-state index contributed by atoms with van der Waals surface area (Å²) in [5, 5.41) is 3.27. The molecule has 98 valence electrons. The molecule has 0 aliphatic carbocycles. The van der Waals surface area contributed by atoms with Gasteiger partial charge in [0.25, 0.3) is 0 Å². The van der Waals surface area contributed by atoms with Crippen molar-refractivity contribution in [1.82, 2.24) is 5.32 Å². The lowest BCUT2D eigenvalue weighted by Crippen LogP contribution is -3.00. The van der Waals surface area contributed by atoms with Gasteiger partial charge in [0.2, 0.25) is 0 Å². The molecular weight excluding hydrogens is 253 g/mol. The topological polar surface area (TPSA) is 25.2 Å². The second-order valence-corrected chi connectivity index (χ2v) is 3.95. The van der Waals surface area contributed by atoms with E-state index in [1.54, 1.807) is 12.1 Å². The average molecular weight is 269 g/mol. The molecule has 1 heterocycles. The Morgan fingerprint density at radius 1 is 1.11 bits per heavy atom. The standard InChI is InChI=1S/C14H16FNO.ClH/c1-2-9-16-10-13-7-8-14(17-13)11-3-5-12(15)6-4-11;/h3-8,16H,2,9-10H2,1H3;1H/p-1. The van der Waals surface area contributed by atoms with Crippen LogP contribution in [0.5, 0.6) is 0 Å². The zero-order chi connectivity index (χ0) is 12.1. The number of furan rings is 1. The van der Waals surface area contributed by atoms with Crippen LogP contribution in [0.2, 0.25) is 0 Å². The lowest BCUT2D eigenvalue weighted by Gasteiger charge is -1.99. The summed E-state index contributed by atoms with van der Waals surface area (Å²) < 4.78 is 18.4. The van der Waals surface area contributed by atoms with Gasteiger partial charge in [-0.05, 0) is 49.4 Å². The number of benzene rings is 1. The molecule has 2 rings (SSSR count). The molecule has 0 spiro atoms. The number of nitrogens with one attached hydrogen (secondary N) is 1. The summed E-state index contributed by atoms with van der Waals surface area (Å²) >= 11 is 0. The van der Waals surface area contributed by atoms with Gasteiger partial charge < -0.3 is 22.1 Å². The van der Waals surface area contributed by atoms with E-state index in [1.807, 2.05) is 12.1 Å². The first kappa shape index (κ1) is 14.7. The van der Waals surface area contributed by atoms with Gasteiger partial charge in [-0.1, -0.05) is 6.92 Å². The van der Waals surface area contributed by atoms with Crippen molar-refractivity contribution < 1.29 is 21.2 Å². The molecule has 2 aromatic rings. The summed E-state index contributed by atoms with van der Waals surface area (Å²) in [6.07, 6.45) is 1.10. The fourth-order valence-corrected chi connectivity index (χ4v) is 1.63. The molecule has 18 heavy (non-hydrogen) atoms. The van der Waals surface area contributed by atoms with Crippen LogP contribution in [0.3, 0.4) is 0 Å². The van der Waals surface area contributed by atoms with Gasteiger partial charge in [-0.2, -0.15) is 0 Å². The zero-order valence-electron chi connectivity index (χ0n) is 10.2. The minimum absolute atomic E-state index is 0. The third kappa shape index (κ3) is 3.86. The normalized spacial score (nSPS) is 10.1. The number of rotatable bonds is 5. The van der Waals surface area contributed by atoms with Gasteiger partial charge in [0.1, 0.15) is 17.3 Å². The van der Waals surface area contributed by atoms with Crippen molar-refractivity contribution >= 4 is 0 Å². The van der Waals surface area contributed by atoms with Gasteiger partial charge in [-0.3, -0.25) is 0 Å². The molecule has 0 saturated carbocycles. The van der Waals surface area contributed by atoms with Gasteiger partial charge >= 0.3 is 0 Å². The molecule has 0 aliphatic rings. The molecule has 4 heteroatoms. The SMILES string of the molecule is CCCNCc1ccc(-c2ccc(F)cc2)o1.[Cl-]. The highest BCUT2D eigenvalue weighted by Crippen LogP contribution is 2.22. The van der Waals surface area contributed by atoms with Gasteiger partial charge in [0.05, 0.1) is 6.54 Å². The highest BCUT2D eigenvalue weighted by Gasteiger charge is 2.04. The first-order chi connectivity index (χ1) is 8.29. The van der Waals surface area contributed by atoms with E-state index in [1.165, 1.54) is 12.1 Å². The van der Waals surface area contributed by atoms with Crippen molar-refractivity contribution in [2.75, 3.05) is 6.54 Å². The van der Waals surface area contributed by atoms with Crippen LogP contribution in [0.4, 0.5) is 4.39 Å². The van der Waals surface area contributed by atoms with Crippen molar-refractivity contribution in [1.29, 1.82) is 0 Å². The summed E-state index contributed by atoms with van der Waals surface area (Å²) in [4.78, 5) is 0. The molecule has 0 fully saturated rings. The molecule has 0 bridgehead atoms. The molecule has 0 atom stereocenters. The quantitative estimate of drug-likeness (QED) is 0.803. The molecule has 0 unspecified atom stereocenters. The zero-order valence-corrected chi connectivity index (χ0v) is 11.0. The summed E-state index contributed by atoms with van der Waals surface area (Å²) in [7, 11) is 0. The van der Waals surface area contributed by atoms with Crippen LogP contribution in [-0.4, -0.2) is 6.54 Å². The Labute approximate surface area is 113 Å². The number of hydrogen-bond donors (Lipinski definition) is 1. The van der Waals surface area contributed by atoms with Crippen molar-refractivity contribution in [3.63, 3.8) is 0 Å². The van der Waals surface area contributed by atoms with Crippen LogP contribution in [0.25, 0.3) is 11.3 Å². The van der Waals surface area contributed by atoms with Gasteiger partial charge in [0, 0.05) is 5.56 Å². The lowest BCUT2D eigenvalue weighted by atomic mass is 10.2. The predicted octanol–water partition coefficient (Wildman–Crippen LogP) is 0.589. The van der Waals surface area contributed by atoms with E-state index in [9.17, 15) is 4.39 Å². The minimum Gasteiger partial charge on any atom is -1.00 e. The Balaban J connectivity index is 0.00000162. The molecule has 1 aromatic carbocycles. The van der Waals surface area contributed by atoms with E-state index in [0.717, 1.165) is 36.6 Å². The lowest BCUT2D eigenvalue weighted by molar-refractivity contribution is -0.00000471. The Morgan fingerprint density at radius 2 is 1.83 bits per heavy atom.